The van der Waals surface area contributed by atoms with Crippen molar-refractivity contribution in [3.05, 3.63) is 65.7 Å². The quantitative estimate of drug-likeness (QED) is 0.520. The van der Waals surface area contributed by atoms with Crippen LogP contribution in [0.15, 0.2) is 54.6 Å². The Morgan fingerprint density at radius 2 is 1.95 bits per heavy atom. The molecule has 6 nitrogen and oxygen atoms in total. The van der Waals surface area contributed by atoms with Crippen molar-refractivity contribution in [1.82, 2.24) is 9.80 Å². The molecular formula is C31H40N2O4. The third-order valence-corrected chi connectivity index (χ3v) is 9.08. The van der Waals surface area contributed by atoms with Crippen LogP contribution in [0, 0.1) is 5.92 Å². The highest BCUT2D eigenvalue weighted by atomic mass is 16.5. The second-order valence-electron chi connectivity index (χ2n) is 11.2. The largest absolute Gasteiger partial charge is 0.508 e. The zero-order valence-electron chi connectivity index (χ0n) is 22.4. The van der Waals surface area contributed by atoms with Crippen LogP contribution in [-0.2, 0) is 14.9 Å². The van der Waals surface area contributed by atoms with Gasteiger partial charge in [-0.1, -0.05) is 24.3 Å². The maximum absolute atomic E-state index is 13.3. The van der Waals surface area contributed by atoms with Crippen molar-refractivity contribution in [1.29, 1.82) is 0 Å². The number of methoxy groups -OCH3 is 2. The van der Waals surface area contributed by atoms with E-state index in [2.05, 4.69) is 11.0 Å². The van der Waals surface area contributed by atoms with Gasteiger partial charge >= 0.3 is 0 Å². The zero-order valence-corrected chi connectivity index (χ0v) is 22.4. The van der Waals surface area contributed by atoms with Crippen molar-refractivity contribution in [2.75, 3.05) is 40.9 Å². The maximum Gasteiger partial charge on any atom is 0.246 e. The van der Waals surface area contributed by atoms with E-state index in [0.717, 1.165) is 68.1 Å². The number of fused-ring (bicyclic) bond motifs is 1. The van der Waals surface area contributed by atoms with E-state index < -0.39 is 0 Å². The smallest absolute Gasteiger partial charge is 0.246 e. The van der Waals surface area contributed by atoms with E-state index in [1.54, 1.807) is 19.3 Å². The molecule has 1 N–H and O–H groups in total. The highest BCUT2D eigenvalue weighted by Gasteiger charge is 2.59. The van der Waals surface area contributed by atoms with Crippen molar-refractivity contribution < 1.29 is 19.4 Å². The van der Waals surface area contributed by atoms with Gasteiger partial charge in [-0.2, -0.15) is 0 Å². The van der Waals surface area contributed by atoms with Crippen molar-refractivity contribution >= 4 is 12.0 Å². The molecule has 3 unspecified atom stereocenters. The summed E-state index contributed by atoms with van der Waals surface area (Å²) in [5.41, 5.74) is 1.44. The minimum absolute atomic E-state index is 0.00466. The number of piperidine rings is 1. The van der Waals surface area contributed by atoms with Gasteiger partial charge in [0.05, 0.1) is 12.7 Å². The van der Waals surface area contributed by atoms with E-state index in [0.29, 0.717) is 0 Å². The van der Waals surface area contributed by atoms with Crippen LogP contribution in [0.5, 0.6) is 11.5 Å². The summed E-state index contributed by atoms with van der Waals surface area (Å²) in [6.45, 7) is 3.06. The number of benzene rings is 2. The molecule has 1 amide bonds. The Morgan fingerprint density at radius 1 is 1.14 bits per heavy atom. The summed E-state index contributed by atoms with van der Waals surface area (Å²) < 4.78 is 11.8. The third-order valence-electron chi connectivity index (χ3n) is 9.08. The molecule has 198 valence electrons. The Hall–Kier alpha value is -2.83. The topological polar surface area (TPSA) is 62.2 Å². The number of ether oxygens (including phenoxy) is 2. The number of likely N-dealkylation sites (N-methyl/N-ethyl adjacent to an activating group) is 1. The van der Waals surface area contributed by atoms with Gasteiger partial charge in [0.25, 0.3) is 0 Å². The lowest BCUT2D eigenvalue weighted by Crippen LogP contribution is -2.68. The molecule has 0 bridgehead atoms. The molecule has 37 heavy (non-hydrogen) atoms. The number of hydrogen-bond acceptors (Lipinski definition) is 5. The zero-order chi connectivity index (χ0) is 26.0. The maximum atomic E-state index is 13.3. The molecule has 2 aromatic carbocycles. The van der Waals surface area contributed by atoms with Gasteiger partial charge in [-0.05, 0) is 92.5 Å². The first-order chi connectivity index (χ1) is 17.9. The third kappa shape index (κ3) is 5.14. The molecule has 1 saturated heterocycles. The molecule has 5 rings (SSSR count). The molecule has 6 heteroatoms. The van der Waals surface area contributed by atoms with Crippen molar-refractivity contribution in [2.24, 2.45) is 5.92 Å². The highest BCUT2D eigenvalue weighted by Crippen LogP contribution is 2.54. The number of phenols is 1. The lowest BCUT2D eigenvalue weighted by molar-refractivity contribution is -0.159. The second kappa shape index (κ2) is 10.5. The first kappa shape index (κ1) is 25.8. The molecule has 0 radical (unpaired) electrons. The molecule has 3 fully saturated rings. The Kier molecular flexibility index (Phi) is 7.32. The van der Waals surface area contributed by atoms with Crippen LogP contribution in [0.25, 0.3) is 6.08 Å². The van der Waals surface area contributed by atoms with E-state index in [1.807, 2.05) is 61.5 Å². The number of carbonyl (C=O) groups excluding carboxylic acids is 1. The summed E-state index contributed by atoms with van der Waals surface area (Å²) in [5, 5.41) is 10.4. The summed E-state index contributed by atoms with van der Waals surface area (Å²) in [7, 11) is 5.41. The number of aromatic hydroxyl groups is 1. The number of carbonyl (C=O) groups is 1. The number of phenolic OH excluding ortho intramolecular Hbond substituents is 1. The van der Waals surface area contributed by atoms with Crippen LogP contribution < -0.4 is 4.74 Å². The molecule has 2 saturated carbocycles. The second-order valence-corrected chi connectivity index (χ2v) is 11.2. The summed E-state index contributed by atoms with van der Waals surface area (Å²) in [5.74, 6) is 1.88. The molecule has 0 aromatic heterocycles. The fraction of sp³-hybridized carbons (Fsp3) is 0.516. The fourth-order valence-electron chi connectivity index (χ4n) is 6.73. The predicted octanol–water partition coefficient (Wildman–Crippen LogP) is 4.86. The first-order valence-corrected chi connectivity index (χ1v) is 13.5. The molecule has 1 heterocycles. The first-order valence-electron chi connectivity index (χ1n) is 13.5. The number of nitrogens with zero attached hydrogens (tertiary/aromatic N) is 2. The van der Waals surface area contributed by atoms with Crippen LogP contribution in [0.4, 0.5) is 0 Å². The fourth-order valence-corrected chi connectivity index (χ4v) is 6.73. The Labute approximate surface area is 220 Å². The van der Waals surface area contributed by atoms with Crippen LogP contribution in [0.2, 0.25) is 0 Å². The van der Waals surface area contributed by atoms with Gasteiger partial charge in [0.2, 0.25) is 5.91 Å². The van der Waals surface area contributed by atoms with E-state index in [4.69, 9.17) is 9.47 Å². The summed E-state index contributed by atoms with van der Waals surface area (Å²) in [6, 6.07) is 15.5. The van der Waals surface area contributed by atoms with E-state index >= 15 is 0 Å². The molecule has 3 aliphatic rings. The Bertz CT molecular complexity index is 1150. The minimum Gasteiger partial charge on any atom is -0.508 e. The van der Waals surface area contributed by atoms with Crippen LogP contribution >= 0.6 is 0 Å². The summed E-state index contributed by atoms with van der Waals surface area (Å²) >= 11 is 0. The number of amides is 1. The van der Waals surface area contributed by atoms with Gasteiger partial charge in [-0.15, -0.1) is 0 Å². The molecule has 3 atom stereocenters. The molecular weight excluding hydrogens is 464 g/mol. The van der Waals surface area contributed by atoms with Crippen LogP contribution in [0.1, 0.15) is 49.7 Å². The van der Waals surface area contributed by atoms with Crippen LogP contribution in [0.3, 0.4) is 0 Å². The molecule has 1 aliphatic heterocycles. The van der Waals surface area contributed by atoms with Gasteiger partial charge in [-0.25, -0.2) is 0 Å². The predicted molar refractivity (Wildman–Crippen MR) is 146 cm³/mol. The average Bonchev–Trinajstić information content (AvgIpc) is 3.75. The van der Waals surface area contributed by atoms with Gasteiger partial charge in [-0.3, -0.25) is 4.79 Å². The standard InChI is InChI=1S/C31H40N2O4/c1-32(29(35)13-12-23-6-4-9-28(18-23)36-2)26-14-15-31(37-3)22-33(21-24-10-11-24)17-16-30(31,20-26)25-7-5-8-27(34)19-25/h4-9,12-13,18-19,24,26,34H,10-11,14-17,20-22H2,1-3H3/b13-12+. The van der Waals surface area contributed by atoms with Gasteiger partial charge in [0, 0.05) is 44.8 Å². The van der Waals surface area contributed by atoms with Gasteiger partial charge < -0.3 is 24.4 Å². The summed E-state index contributed by atoms with van der Waals surface area (Å²) in [4.78, 5) is 17.8. The van der Waals surface area contributed by atoms with Gasteiger partial charge in [0.15, 0.2) is 0 Å². The number of rotatable bonds is 8. The summed E-state index contributed by atoms with van der Waals surface area (Å²) in [6.07, 6.45) is 9.73. The van der Waals surface area contributed by atoms with Crippen molar-refractivity contribution in [3.63, 3.8) is 0 Å². The number of hydrogen-bond donors (Lipinski definition) is 1. The lowest BCUT2D eigenvalue weighted by Gasteiger charge is -2.60. The monoisotopic (exact) mass is 504 g/mol. The van der Waals surface area contributed by atoms with E-state index in [-0.39, 0.29) is 28.7 Å². The van der Waals surface area contributed by atoms with Crippen LogP contribution in [-0.4, -0.2) is 73.4 Å². The highest BCUT2D eigenvalue weighted by molar-refractivity contribution is 5.91. The Morgan fingerprint density at radius 3 is 2.68 bits per heavy atom. The molecule has 0 spiro atoms. The van der Waals surface area contributed by atoms with E-state index in [9.17, 15) is 9.90 Å². The number of likely N-dealkylation sites (tertiary alicyclic amines) is 1. The van der Waals surface area contributed by atoms with Crippen molar-refractivity contribution in [2.45, 2.75) is 55.6 Å². The van der Waals surface area contributed by atoms with Gasteiger partial charge in [0.1, 0.15) is 11.5 Å². The minimum atomic E-state index is -0.343. The lowest BCUT2D eigenvalue weighted by atomic mass is 9.55. The van der Waals surface area contributed by atoms with Crippen molar-refractivity contribution in [3.8, 4) is 11.5 Å². The normalized spacial score (nSPS) is 28.1. The Balaban J connectivity index is 1.40. The average molecular weight is 505 g/mol. The molecule has 2 aliphatic carbocycles. The molecule has 2 aromatic rings. The SMILES string of the molecule is COc1cccc(/C=C/C(=O)N(C)C2CCC3(OC)CN(CC4CC4)CCC3(c3cccc(O)c3)C2)c1. The van der Waals surface area contributed by atoms with E-state index in [1.165, 1.54) is 12.8 Å².